The number of allylic oxidation sites excluding steroid dienone is 2. The van der Waals surface area contributed by atoms with Gasteiger partial charge in [0.2, 0.25) is 35.4 Å². The van der Waals surface area contributed by atoms with E-state index in [0.717, 1.165) is 16.0 Å². The zero-order chi connectivity index (χ0) is 50.8. The molecule has 0 aromatic heterocycles. The molecule has 1 aliphatic heterocycles. The monoisotopic (exact) mass is 943 g/mol. The molecule has 0 radical (unpaired) electrons. The Morgan fingerprint density at radius 2 is 1.31 bits per heavy atom. The number of nitrogens with one attached hydrogen (secondary N) is 6. The summed E-state index contributed by atoms with van der Waals surface area (Å²) in [6.45, 7) is 12.7. The van der Waals surface area contributed by atoms with Crippen molar-refractivity contribution in [2.45, 2.75) is 110 Å². The molecule has 3 rings (SSSR count). The van der Waals surface area contributed by atoms with Crippen molar-refractivity contribution in [2.24, 2.45) is 17.8 Å². The Morgan fingerprint density at radius 3 is 1.88 bits per heavy atom. The Morgan fingerprint density at radius 1 is 0.750 bits per heavy atom. The van der Waals surface area contributed by atoms with E-state index in [-0.39, 0.29) is 18.4 Å². The highest BCUT2D eigenvalue weighted by Crippen LogP contribution is 2.18. The molecule has 1 saturated heterocycles. The number of rotatable bonds is 11. The summed E-state index contributed by atoms with van der Waals surface area (Å²) in [4.78, 5) is 121. The fourth-order valence-electron chi connectivity index (χ4n) is 7.17. The molecule has 1 heterocycles. The van der Waals surface area contributed by atoms with E-state index < -0.39 is 120 Å². The number of amides is 7. The van der Waals surface area contributed by atoms with E-state index in [4.69, 9.17) is 4.74 Å². The molecular weight excluding hydrogens is 879 g/mol. The lowest BCUT2D eigenvalue weighted by atomic mass is 9.94. The molecule has 2 aromatic rings. The van der Waals surface area contributed by atoms with Crippen LogP contribution >= 0.6 is 0 Å². The van der Waals surface area contributed by atoms with Gasteiger partial charge in [0, 0.05) is 32.9 Å². The average molecular weight is 944 g/mol. The molecule has 368 valence electrons. The molecule has 2 aromatic carbocycles. The maximum Gasteiger partial charge on any atom is 0.327 e. The molecule has 19 nitrogen and oxygen atoms in total. The number of hydrogen-bond acceptors (Lipinski definition) is 10. The van der Waals surface area contributed by atoms with Crippen LogP contribution in [-0.4, -0.2) is 125 Å². The van der Waals surface area contributed by atoms with E-state index in [1.165, 1.54) is 40.8 Å². The Kier molecular flexibility index (Phi) is 21.3. The largest absolute Gasteiger partial charge is 0.480 e. The standard InChI is InChI=1S/C49H65N7O12/c1-27(24-28(2)39(68-9)26-35-18-14-11-15-19-35)20-21-36-29(3)42(58)53-37(48(64)65)22-23-40(57)56(8)33(7)46(62)51-32(6)45(61)54-38(25-34-16-12-10-13-17-34)47(63)55-41(49(66)67)30(4)43(59)50-31(5)44(60)52-36/h10-21,24,28-32,36-39,41H,7,22-23,25-26H2,1-6,8-9H3,(H,50,59)(H,51,62)(H,52,60)(H,53,58)(H,54,61)(H,55,63)(H,64,65)(H,66,67)/t28-,29-,30-,31-,32+,36-,37+,38-,39-,41+/m0/s1. The third kappa shape index (κ3) is 16.6. The van der Waals surface area contributed by atoms with Gasteiger partial charge in [0.15, 0.2) is 0 Å². The molecule has 0 bridgehead atoms. The van der Waals surface area contributed by atoms with Crippen molar-refractivity contribution < 1.29 is 58.1 Å². The quantitative estimate of drug-likeness (QED) is 0.118. The van der Waals surface area contributed by atoms with Crippen LogP contribution < -0.4 is 31.9 Å². The minimum absolute atomic E-state index is 0.0933. The molecule has 0 saturated carbocycles. The van der Waals surface area contributed by atoms with Crippen LogP contribution in [0.5, 0.6) is 0 Å². The van der Waals surface area contributed by atoms with Gasteiger partial charge in [-0.15, -0.1) is 0 Å². The molecule has 19 heteroatoms. The number of carboxylic acid groups (broad SMARTS) is 2. The number of ether oxygens (including phenoxy) is 1. The Balaban J connectivity index is 2.02. The second-order valence-electron chi connectivity index (χ2n) is 17.0. The van der Waals surface area contributed by atoms with Gasteiger partial charge >= 0.3 is 11.9 Å². The van der Waals surface area contributed by atoms with Crippen molar-refractivity contribution in [3.63, 3.8) is 0 Å². The van der Waals surface area contributed by atoms with Gasteiger partial charge < -0.3 is 51.8 Å². The summed E-state index contributed by atoms with van der Waals surface area (Å²) < 4.78 is 5.79. The smallest absolute Gasteiger partial charge is 0.327 e. The van der Waals surface area contributed by atoms with Crippen LogP contribution in [0, 0.1) is 17.8 Å². The van der Waals surface area contributed by atoms with E-state index in [0.29, 0.717) is 12.0 Å². The van der Waals surface area contributed by atoms with Crippen molar-refractivity contribution in [3.05, 3.63) is 108 Å². The van der Waals surface area contributed by atoms with Gasteiger partial charge in [-0.2, -0.15) is 0 Å². The first-order valence-electron chi connectivity index (χ1n) is 22.2. The molecule has 10 atom stereocenters. The van der Waals surface area contributed by atoms with Gasteiger partial charge in [-0.1, -0.05) is 112 Å². The first kappa shape index (κ1) is 55.2. The third-order valence-electron chi connectivity index (χ3n) is 11.7. The summed E-state index contributed by atoms with van der Waals surface area (Å²) in [6, 6.07) is 9.56. The van der Waals surface area contributed by atoms with Crippen LogP contribution in [-0.2, 0) is 60.7 Å². The average Bonchev–Trinajstić information content (AvgIpc) is 3.30. The van der Waals surface area contributed by atoms with Gasteiger partial charge in [-0.3, -0.25) is 33.6 Å². The lowest BCUT2D eigenvalue weighted by molar-refractivity contribution is -0.146. The number of likely N-dealkylation sites (N-methyl/N-ethyl adjacent to an activating group) is 1. The van der Waals surface area contributed by atoms with Gasteiger partial charge in [0.25, 0.3) is 5.91 Å². The minimum atomic E-state index is -1.86. The summed E-state index contributed by atoms with van der Waals surface area (Å²) in [7, 11) is 2.83. The SMILES string of the molecule is C=C1C(=O)N[C@H](C)C(=O)N[C@@H](Cc2ccccc2)C(=O)N[C@@H](C(=O)O)[C@H](C)C(=O)N[C@@H](C)C(=O)N[C@@H](C=CC(C)=C[C@H](C)[C@H](Cc2ccccc2)OC)[C@H](C)C(=O)N[C@@H](C(=O)O)CCC(=O)N1C. The zero-order valence-electron chi connectivity index (χ0n) is 39.7. The third-order valence-corrected chi connectivity index (χ3v) is 11.7. The lowest BCUT2D eigenvalue weighted by Gasteiger charge is -2.27. The molecule has 1 aliphatic rings. The second-order valence-corrected chi connectivity index (χ2v) is 17.0. The number of carbonyl (C=O) groups is 9. The van der Waals surface area contributed by atoms with Crippen molar-refractivity contribution in [2.75, 3.05) is 14.2 Å². The van der Waals surface area contributed by atoms with E-state index >= 15 is 0 Å². The number of methoxy groups -OCH3 is 1. The van der Waals surface area contributed by atoms with E-state index in [1.807, 2.05) is 50.3 Å². The maximum absolute atomic E-state index is 13.8. The highest BCUT2D eigenvalue weighted by atomic mass is 16.5. The van der Waals surface area contributed by atoms with Crippen molar-refractivity contribution in [3.8, 4) is 0 Å². The highest BCUT2D eigenvalue weighted by molar-refractivity contribution is 6.00. The van der Waals surface area contributed by atoms with Crippen LogP contribution in [0.25, 0.3) is 0 Å². The first-order chi connectivity index (χ1) is 32.0. The molecule has 0 spiro atoms. The number of nitrogens with zero attached hydrogens (tertiary/aromatic N) is 1. The summed E-state index contributed by atoms with van der Waals surface area (Å²) in [5, 5.41) is 35.2. The number of carbonyl (C=O) groups excluding carboxylic acids is 7. The molecule has 0 unspecified atom stereocenters. The molecule has 0 aliphatic carbocycles. The topological polar surface area (TPSA) is 279 Å². The Hall–Kier alpha value is -7.15. The number of benzene rings is 2. The highest BCUT2D eigenvalue weighted by Gasteiger charge is 2.37. The van der Waals surface area contributed by atoms with Gasteiger partial charge in [-0.05, 0) is 44.7 Å². The molecule has 8 N–H and O–H groups in total. The summed E-state index contributed by atoms with van der Waals surface area (Å²) in [5.41, 5.74) is 1.97. The van der Waals surface area contributed by atoms with Gasteiger partial charge in [0.1, 0.15) is 35.9 Å². The van der Waals surface area contributed by atoms with Gasteiger partial charge in [0.05, 0.1) is 24.0 Å². The number of hydrogen-bond donors (Lipinski definition) is 8. The molecule has 68 heavy (non-hydrogen) atoms. The maximum atomic E-state index is 13.8. The summed E-state index contributed by atoms with van der Waals surface area (Å²) in [6.07, 6.45) is 4.58. The van der Waals surface area contributed by atoms with E-state index in [2.05, 4.69) is 38.5 Å². The fraction of sp³-hybridized carbons (Fsp3) is 0.449. The van der Waals surface area contributed by atoms with E-state index in [1.54, 1.807) is 43.5 Å². The van der Waals surface area contributed by atoms with Crippen LogP contribution in [0.4, 0.5) is 0 Å². The van der Waals surface area contributed by atoms with E-state index in [9.17, 15) is 53.4 Å². The van der Waals surface area contributed by atoms with Crippen LogP contribution in [0.1, 0.15) is 65.5 Å². The van der Waals surface area contributed by atoms with Crippen molar-refractivity contribution >= 4 is 53.3 Å². The zero-order valence-corrected chi connectivity index (χ0v) is 39.7. The molecule has 1 fully saturated rings. The normalized spacial score (nSPS) is 25.9. The van der Waals surface area contributed by atoms with Crippen LogP contribution in [0.15, 0.2) is 96.7 Å². The number of carboxylic acids is 2. The second kappa shape index (κ2) is 26.3. The number of aliphatic carboxylic acids is 2. The van der Waals surface area contributed by atoms with Crippen molar-refractivity contribution in [1.29, 1.82) is 0 Å². The summed E-state index contributed by atoms with van der Waals surface area (Å²) >= 11 is 0. The Labute approximate surface area is 396 Å². The van der Waals surface area contributed by atoms with Crippen LogP contribution in [0.2, 0.25) is 0 Å². The van der Waals surface area contributed by atoms with Crippen molar-refractivity contribution in [1.82, 2.24) is 36.8 Å². The minimum Gasteiger partial charge on any atom is -0.480 e. The first-order valence-corrected chi connectivity index (χ1v) is 22.2. The van der Waals surface area contributed by atoms with Gasteiger partial charge in [-0.25, -0.2) is 9.59 Å². The fourth-order valence-corrected chi connectivity index (χ4v) is 7.17. The lowest BCUT2D eigenvalue weighted by Crippen LogP contribution is -2.59. The summed E-state index contributed by atoms with van der Waals surface area (Å²) in [5.74, 6) is -11.9. The molecular formula is C49H65N7O12. The predicted octanol–water partition coefficient (Wildman–Crippen LogP) is 1.78. The Bertz CT molecular complexity index is 2220. The van der Waals surface area contributed by atoms with Crippen LogP contribution in [0.3, 0.4) is 0 Å². The predicted molar refractivity (Wildman–Crippen MR) is 251 cm³/mol. The molecule has 7 amide bonds.